The molecule has 0 saturated carbocycles. The SMILES string of the molecule is CC(C(=O)NCCO)n1ccnc1. The van der Waals surface area contributed by atoms with Crippen molar-refractivity contribution in [1.82, 2.24) is 14.9 Å². The number of nitrogens with one attached hydrogen (secondary N) is 1. The van der Waals surface area contributed by atoms with Crippen LogP contribution in [0.5, 0.6) is 0 Å². The Morgan fingerprint density at radius 2 is 2.54 bits per heavy atom. The molecule has 0 aliphatic rings. The summed E-state index contributed by atoms with van der Waals surface area (Å²) in [6.45, 7) is 2.02. The molecule has 0 fully saturated rings. The number of carbonyl (C=O) groups is 1. The molecule has 1 atom stereocenters. The summed E-state index contributed by atoms with van der Waals surface area (Å²) in [7, 11) is 0. The third-order valence-corrected chi connectivity index (χ3v) is 1.76. The van der Waals surface area contributed by atoms with E-state index in [9.17, 15) is 4.79 Å². The smallest absolute Gasteiger partial charge is 0.242 e. The Hall–Kier alpha value is -1.36. The van der Waals surface area contributed by atoms with Crippen LogP contribution in [-0.4, -0.2) is 33.7 Å². The van der Waals surface area contributed by atoms with E-state index in [1.165, 1.54) is 0 Å². The van der Waals surface area contributed by atoms with Crippen molar-refractivity contribution in [3.05, 3.63) is 18.7 Å². The molecule has 0 spiro atoms. The predicted octanol–water partition coefficient (Wildman–Crippen LogP) is -0.447. The van der Waals surface area contributed by atoms with Crippen LogP contribution in [0.3, 0.4) is 0 Å². The maximum absolute atomic E-state index is 11.3. The zero-order valence-electron chi connectivity index (χ0n) is 7.47. The van der Waals surface area contributed by atoms with Gasteiger partial charge in [0.1, 0.15) is 6.04 Å². The van der Waals surface area contributed by atoms with Crippen molar-refractivity contribution in [2.75, 3.05) is 13.2 Å². The number of rotatable bonds is 4. The van der Waals surface area contributed by atoms with E-state index in [0.29, 0.717) is 0 Å². The highest BCUT2D eigenvalue weighted by atomic mass is 16.3. The number of amides is 1. The third kappa shape index (κ3) is 2.55. The van der Waals surface area contributed by atoms with E-state index in [0.717, 1.165) is 0 Å². The molecule has 0 aromatic carbocycles. The summed E-state index contributed by atoms with van der Waals surface area (Å²) >= 11 is 0. The van der Waals surface area contributed by atoms with Gasteiger partial charge in [-0.3, -0.25) is 4.79 Å². The van der Waals surface area contributed by atoms with Gasteiger partial charge in [-0.05, 0) is 6.92 Å². The number of imidazole rings is 1. The second kappa shape index (κ2) is 4.61. The first-order valence-corrected chi connectivity index (χ1v) is 4.11. The number of carbonyl (C=O) groups excluding carboxylic acids is 1. The number of hydrogen-bond donors (Lipinski definition) is 2. The van der Waals surface area contributed by atoms with Crippen molar-refractivity contribution < 1.29 is 9.90 Å². The average molecular weight is 183 g/mol. The van der Waals surface area contributed by atoms with Crippen molar-refractivity contribution in [3.63, 3.8) is 0 Å². The molecule has 0 radical (unpaired) electrons. The maximum atomic E-state index is 11.3. The molecule has 2 N–H and O–H groups in total. The van der Waals surface area contributed by atoms with Crippen LogP contribution < -0.4 is 5.32 Å². The van der Waals surface area contributed by atoms with E-state index in [1.54, 1.807) is 30.2 Å². The van der Waals surface area contributed by atoms with E-state index in [2.05, 4.69) is 10.3 Å². The zero-order valence-corrected chi connectivity index (χ0v) is 7.47. The number of hydrogen-bond acceptors (Lipinski definition) is 3. The first-order chi connectivity index (χ1) is 6.25. The largest absolute Gasteiger partial charge is 0.395 e. The van der Waals surface area contributed by atoms with Gasteiger partial charge in [0.05, 0.1) is 12.9 Å². The molecule has 5 nitrogen and oxygen atoms in total. The van der Waals surface area contributed by atoms with Gasteiger partial charge in [-0.2, -0.15) is 0 Å². The van der Waals surface area contributed by atoms with Gasteiger partial charge in [0, 0.05) is 18.9 Å². The van der Waals surface area contributed by atoms with Gasteiger partial charge in [0.25, 0.3) is 0 Å². The van der Waals surface area contributed by atoms with Gasteiger partial charge >= 0.3 is 0 Å². The van der Waals surface area contributed by atoms with Crippen LogP contribution in [0.25, 0.3) is 0 Å². The second-order valence-electron chi connectivity index (χ2n) is 2.70. The first-order valence-electron chi connectivity index (χ1n) is 4.11. The number of aromatic nitrogens is 2. The fourth-order valence-electron chi connectivity index (χ4n) is 0.961. The van der Waals surface area contributed by atoms with Crippen molar-refractivity contribution in [3.8, 4) is 0 Å². The normalized spacial score (nSPS) is 12.5. The molecule has 13 heavy (non-hydrogen) atoms. The molecule has 1 aromatic rings. The van der Waals surface area contributed by atoms with Crippen LogP contribution in [0.4, 0.5) is 0 Å². The molecule has 0 aliphatic carbocycles. The molecule has 0 bridgehead atoms. The topological polar surface area (TPSA) is 67.2 Å². The third-order valence-electron chi connectivity index (χ3n) is 1.76. The summed E-state index contributed by atoms with van der Waals surface area (Å²) in [6.07, 6.45) is 4.93. The van der Waals surface area contributed by atoms with E-state index in [-0.39, 0.29) is 25.1 Å². The fraction of sp³-hybridized carbons (Fsp3) is 0.500. The molecule has 1 unspecified atom stereocenters. The van der Waals surface area contributed by atoms with E-state index >= 15 is 0 Å². The molecular formula is C8H13N3O2. The first kappa shape index (κ1) is 9.73. The Morgan fingerprint density at radius 1 is 1.77 bits per heavy atom. The molecule has 5 heteroatoms. The van der Waals surface area contributed by atoms with E-state index in [4.69, 9.17) is 5.11 Å². The summed E-state index contributed by atoms with van der Waals surface area (Å²) in [5, 5.41) is 11.1. The lowest BCUT2D eigenvalue weighted by molar-refractivity contribution is -0.124. The van der Waals surface area contributed by atoms with Crippen LogP contribution in [0.2, 0.25) is 0 Å². The Kier molecular flexibility index (Phi) is 3.45. The quantitative estimate of drug-likeness (QED) is 0.664. The fourth-order valence-corrected chi connectivity index (χ4v) is 0.961. The molecule has 1 rings (SSSR count). The Morgan fingerprint density at radius 3 is 3.08 bits per heavy atom. The Bertz CT molecular complexity index is 258. The second-order valence-corrected chi connectivity index (χ2v) is 2.70. The summed E-state index contributed by atoms with van der Waals surface area (Å²) in [5.74, 6) is -0.118. The van der Waals surface area contributed by atoms with Crippen LogP contribution in [0, 0.1) is 0 Å². The summed E-state index contributed by atoms with van der Waals surface area (Å²) in [6, 6.07) is -0.283. The standard InChI is InChI=1S/C8H13N3O2/c1-7(8(13)10-3-5-12)11-4-2-9-6-11/h2,4,6-7,12H,3,5H2,1H3,(H,10,13). The van der Waals surface area contributed by atoms with Crippen molar-refractivity contribution in [1.29, 1.82) is 0 Å². The van der Waals surface area contributed by atoms with Gasteiger partial charge in [-0.1, -0.05) is 0 Å². The molecular weight excluding hydrogens is 170 g/mol. The van der Waals surface area contributed by atoms with Crippen LogP contribution >= 0.6 is 0 Å². The van der Waals surface area contributed by atoms with Gasteiger partial charge in [0.15, 0.2) is 0 Å². The lowest BCUT2D eigenvalue weighted by atomic mass is 10.3. The highest BCUT2D eigenvalue weighted by Crippen LogP contribution is 2.03. The van der Waals surface area contributed by atoms with Crippen LogP contribution in [-0.2, 0) is 4.79 Å². The van der Waals surface area contributed by atoms with Gasteiger partial charge in [-0.25, -0.2) is 4.98 Å². The minimum atomic E-state index is -0.283. The molecule has 0 aliphatic heterocycles. The molecule has 0 saturated heterocycles. The Labute approximate surface area is 76.4 Å². The highest BCUT2D eigenvalue weighted by molar-refractivity contribution is 5.79. The monoisotopic (exact) mass is 183 g/mol. The summed E-state index contributed by atoms with van der Waals surface area (Å²) in [4.78, 5) is 15.2. The minimum Gasteiger partial charge on any atom is -0.395 e. The van der Waals surface area contributed by atoms with Crippen LogP contribution in [0.15, 0.2) is 18.7 Å². The zero-order chi connectivity index (χ0) is 9.68. The summed E-state index contributed by atoms with van der Waals surface area (Å²) in [5.41, 5.74) is 0. The van der Waals surface area contributed by atoms with Gasteiger partial charge in [-0.15, -0.1) is 0 Å². The van der Waals surface area contributed by atoms with Crippen molar-refractivity contribution in [2.45, 2.75) is 13.0 Å². The van der Waals surface area contributed by atoms with E-state index < -0.39 is 0 Å². The maximum Gasteiger partial charge on any atom is 0.242 e. The average Bonchev–Trinajstić information content (AvgIpc) is 2.65. The molecule has 1 amide bonds. The summed E-state index contributed by atoms with van der Waals surface area (Å²) < 4.78 is 1.70. The molecule has 1 aromatic heterocycles. The highest BCUT2D eigenvalue weighted by Gasteiger charge is 2.12. The molecule has 1 heterocycles. The van der Waals surface area contributed by atoms with Crippen molar-refractivity contribution >= 4 is 5.91 Å². The predicted molar refractivity (Wildman–Crippen MR) is 47.0 cm³/mol. The minimum absolute atomic E-state index is 0.0393. The number of aliphatic hydroxyl groups is 1. The lowest BCUT2D eigenvalue weighted by Gasteiger charge is -2.12. The van der Waals surface area contributed by atoms with Gasteiger partial charge in [0.2, 0.25) is 5.91 Å². The lowest BCUT2D eigenvalue weighted by Crippen LogP contribution is -2.32. The number of aliphatic hydroxyl groups excluding tert-OH is 1. The van der Waals surface area contributed by atoms with E-state index in [1.807, 2.05) is 0 Å². The molecule has 72 valence electrons. The number of nitrogens with zero attached hydrogens (tertiary/aromatic N) is 2. The Balaban J connectivity index is 2.48. The van der Waals surface area contributed by atoms with Crippen LogP contribution in [0.1, 0.15) is 13.0 Å². The van der Waals surface area contributed by atoms with Gasteiger partial charge < -0.3 is 15.0 Å². The van der Waals surface area contributed by atoms with Crippen molar-refractivity contribution in [2.24, 2.45) is 0 Å².